The second-order valence-electron chi connectivity index (χ2n) is 4.86. The van der Waals surface area contributed by atoms with Gasteiger partial charge < -0.3 is 10.3 Å². The lowest BCUT2D eigenvalue weighted by molar-refractivity contribution is 0.321. The van der Waals surface area contributed by atoms with Gasteiger partial charge in [0.15, 0.2) is 15.7 Å². The van der Waals surface area contributed by atoms with Crippen LogP contribution in [0.1, 0.15) is 43.9 Å². The van der Waals surface area contributed by atoms with Gasteiger partial charge in [0.05, 0.1) is 17.5 Å². The third-order valence-corrected chi connectivity index (χ3v) is 4.83. The molecule has 1 saturated heterocycles. The van der Waals surface area contributed by atoms with Crippen LogP contribution in [0.15, 0.2) is 4.52 Å². The van der Waals surface area contributed by atoms with Crippen molar-refractivity contribution >= 4 is 9.84 Å². The van der Waals surface area contributed by atoms with Crippen LogP contribution in [0.4, 0.5) is 0 Å². The van der Waals surface area contributed by atoms with Crippen molar-refractivity contribution in [3.8, 4) is 0 Å². The maximum Gasteiger partial charge on any atom is 0.243 e. The Kier molecular flexibility index (Phi) is 3.22. The smallest absolute Gasteiger partial charge is 0.243 e. The highest BCUT2D eigenvalue weighted by Gasteiger charge is 2.33. The number of sulfone groups is 1. The molecule has 2 rings (SSSR count). The summed E-state index contributed by atoms with van der Waals surface area (Å²) in [6.07, 6.45) is 0.568. The summed E-state index contributed by atoms with van der Waals surface area (Å²) in [7, 11) is -2.92. The van der Waals surface area contributed by atoms with Crippen LogP contribution in [-0.4, -0.2) is 30.1 Å². The lowest BCUT2D eigenvalue weighted by Crippen LogP contribution is -2.17. The standard InChI is InChI=1S/C10H17N3O3S/c1-6(2)8(11)10-12-9(13-16-10)7-3-4-17(14,15)5-7/h6-8H,3-5,11H2,1-2H3/t7?,8-/m1/s1. The first-order chi connectivity index (χ1) is 7.89. The molecule has 0 radical (unpaired) electrons. The van der Waals surface area contributed by atoms with Gasteiger partial charge in [-0.3, -0.25) is 0 Å². The van der Waals surface area contributed by atoms with Gasteiger partial charge in [0, 0.05) is 5.92 Å². The van der Waals surface area contributed by atoms with Crippen molar-refractivity contribution in [1.29, 1.82) is 0 Å². The zero-order valence-electron chi connectivity index (χ0n) is 9.96. The second-order valence-corrected chi connectivity index (χ2v) is 7.09. The molecule has 0 amide bonds. The van der Waals surface area contributed by atoms with Gasteiger partial charge in [0.1, 0.15) is 0 Å². The average molecular weight is 259 g/mol. The molecule has 7 heteroatoms. The zero-order valence-corrected chi connectivity index (χ0v) is 10.8. The molecular formula is C10H17N3O3S. The van der Waals surface area contributed by atoms with Crippen LogP contribution in [0.3, 0.4) is 0 Å². The second kappa shape index (κ2) is 4.38. The van der Waals surface area contributed by atoms with Crippen molar-refractivity contribution in [1.82, 2.24) is 10.1 Å². The number of hydrogen-bond donors (Lipinski definition) is 1. The van der Waals surface area contributed by atoms with Crippen LogP contribution in [-0.2, 0) is 9.84 Å². The summed E-state index contributed by atoms with van der Waals surface area (Å²) in [4.78, 5) is 4.21. The third-order valence-electron chi connectivity index (χ3n) is 3.06. The largest absolute Gasteiger partial charge is 0.338 e. The highest BCUT2D eigenvalue weighted by atomic mass is 32.2. The third kappa shape index (κ3) is 2.66. The molecule has 0 spiro atoms. The summed E-state index contributed by atoms with van der Waals surface area (Å²) < 4.78 is 27.8. The first kappa shape index (κ1) is 12.5. The molecule has 1 aliphatic heterocycles. The van der Waals surface area contributed by atoms with Crippen molar-refractivity contribution in [2.24, 2.45) is 11.7 Å². The van der Waals surface area contributed by atoms with Gasteiger partial charge in [-0.2, -0.15) is 4.98 Å². The van der Waals surface area contributed by atoms with E-state index in [0.29, 0.717) is 18.1 Å². The van der Waals surface area contributed by atoms with Crippen LogP contribution in [0.25, 0.3) is 0 Å². The molecule has 0 aliphatic carbocycles. The lowest BCUT2D eigenvalue weighted by atomic mass is 10.1. The molecular weight excluding hydrogens is 242 g/mol. The molecule has 1 fully saturated rings. The molecule has 1 aromatic rings. The summed E-state index contributed by atoms with van der Waals surface area (Å²) in [5.74, 6) is 1.24. The van der Waals surface area contributed by atoms with Crippen LogP contribution in [0.2, 0.25) is 0 Å². The summed E-state index contributed by atoms with van der Waals surface area (Å²) in [5.41, 5.74) is 5.89. The number of nitrogens with zero attached hydrogens (tertiary/aromatic N) is 2. The quantitative estimate of drug-likeness (QED) is 0.854. The summed E-state index contributed by atoms with van der Waals surface area (Å²) in [5, 5.41) is 3.84. The molecule has 1 aliphatic rings. The maximum absolute atomic E-state index is 11.4. The maximum atomic E-state index is 11.4. The van der Waals surface area contributed by atoms with Crippen LogP contribution < -0.4 is 5.73 Å². The van der Waals surface area contributed by atoms with E-state index in [4.69, 9.17) is 10.3 Å². The van der Waals surface area contributed by atoms with E-state index in [1.54, 1.807) is 0 Å². The van der Waals surface area contributed by atoms with Gasteiger partial charge in [0.2, 0.25) is 5.89 Å². The van der Waals surface area contributed by atoms with Crippen LogP contribution >= 0.6 is 0 Å². The van der Waals surface area contributed by atoms with E-state index in [9.17, 15) is 8.42 Å². The van der Waals surface area contributed by atoms with Gasteiger partial charge in [-0.1, -0.05) is 19.0 Å². The molecule has 0 bridgehead atoms. The Hall–Kier alpha value is -0.950. The Bertz CT molecular complexity index is 495. The first-order valence-electron chi connectivity index (χ1n) is 5.68. The van der Waals surface area contributed by atoms with Crippen molar-refractivity contribution in [3.05, 3.63) is 11.7 Å². The zero-order chi connectivity index (χ0) is 12.6. The normalized spacial score (nSPS) is 25.3. The Morgan fingerprint density at radius 1 is 1.47 bits per heavy atom. The monoisotopic (exact) mass is 259 g/mol. The van der Waals surface area contributed by atoms with E-state index >= 15 is 0 Å². The minimum Gasteiger partial charge on any atom is -0.338 e. The van der Waals surface area contributed by atoms with E-state index in [0.717, 1.165) is 0 Å². The number of aromatic nitrogens is 2. The predicted octanol–water partition coefficient (Wildman–Crippen LogP) is 0.628. The molecule has 2 N–H and O–H groups in total. The molecule has 0 saturated carbocycles. The highest BCUT2D eigenvalue weighted by Crippen LogP contribution is 2.28. The highest BCUT2D eigenvalue weighted by molar-refractivity contribution is 7.91. The molecule has 96 valence electrons. The van der Waals surface area contributed by atoms with Crippen molar-refractivity contribution in [2.75, 3.05) is 11.5 Å². The predicted molar refractivity (Wildman–Crippen MR) is 62.1 cm³/mol. The van der Waals surface area contributed by atoms with E-state index in [1.807, 2.05) is 13.8 Å². The topological polar surface area (TPSA) is 99.1 Å². The minimum absolute atomic E-state index is 0.114. The van der Waals surface area contributed by atoms with E-state index in [-0.39, 0.29) is 29.4 Å². The van der Waals surface area contributed by atoms with Gasteiger partial charge in [-0.05, 0) is 12.3 Å². The fraction of sp³-hybridized carbons (Fsp3) is 0.800. The van der Waals surface area contributed by atoms with E-state index < -0.39 is 9.84 Å². The molecule has 2 atom stereocenters. The lowest BCUT2D eigenvalue weighted by Gasteiger charge is -2.09. The van der Waals surface area contributed by atoms with Crippen molar-refractivity contribution < 1.29 is 12.9 Å². The molecule has 0 aromatic carbocycles. The average Bonchev–Trinajstić information content (AvgIpc) is 2.82. The van der Waals surface area contributed by atoms with Gasteiger partial charge in [-0.25, -0.2) is 8.42 Å². The molecule has 6 nitrogen and oxygen atoms in total. The summed E-state index contributed by atoms with van der Waals surface area (Å²) in [6.45, 7) is 3.93. The van der Waals surface area contributed by atoms with Crippen molar-refractivity contribution in [3.63, 3.8) is 0 Å². The molecule has 1 unspecified atom stereocenters. The summed E-state index contributed by atoms with van der Waals surface area (Å²) >= 11 is 0. The number of hydrogen-bond acceptors (Lipinski definition) is 6. The fourth-order valence-electron chi connectivity index (χ4n) is 1.83. The Morgan fingerprint density at radius 3 is 2.71 bits per heavy atom. The van der Waals surface area contributed by atoms with Gasteiger partial charge in [0.25, 0.3) is 0 Å². The van der Waals surface area contributed by atoms with E-state index in [1.165, 1.54) is 0 Å². The Balaban J connectivity index is 2.14. The van der Waals surface area contributed by atoms with Gasteiger partial charge in [-0.15, -0.1) is 0 Å². The minimum atomic E-state index is -2.92. The first-order valence-corrected chi connectivity index (χ1v) is 7.50. The van der Waals surface area contributed by atoms with Gasteiger partial charge >= 0.3 is 0 Å². The number of rotatable bonds is 3. The Labute approximate surface area is 100 Å². The number of nitrogens with two attached hydrogens (primary N) is 1. The van der Waals surface area contributed by atoms with E-state index in [2.05, 4.69) is 10.1 Å². The van der Waals surface area contributed by atoms with Crippen LogP contribution in [0, 0.1) is 5.92 Å². The fourth-order valence-corrected chi connectivity index (χ4v) is 3.57. The SMILES string of the molecule is CC(C)[C@@H](N)c1nc(C2CCS(=O)(=O)C2)no1. The Morgan fingerprint density at radius 2 is 2.18 bits per heavy atom. The van der Waals surface area contributed by atoms with Crippen molar-refractivity contribution in [2.45, 2.75) is 32.2 Å². The molecule has 2 heterocycles. The molecule has 17 heavy (non-hydrogen) atoms. The molecule has 1 aromatic heterocycles. The van der Waals surface area contributed by atoms with Crippen LogP contribution in [0.5, 0.6) is 0 Å². The summed E-state index contributed by atoms with van der Waals surface area (Å²) in [6, 6.07) is -0.297.